The fourth-order valence-electron chi connectivity index (χ4n) is 9.45. The molecule has 1 saturated carbocycles. The molecule has 2 heterocycles. The molecule has 7 rings (SSSR count). The van der Waals surface area contributed by atoms with Gasteiger partial charge in [0.15, 0.2) is 12.3 Å². The minimum atomic E-state index is -0.157. The highest BCUT2D eigenvalue weighted by molar-refractivity contribution is 6.06. The first kappa shape index (κ1) is 31.9. The second-order valence-corrected chi connectivity index (χ2v) is 15.4. The van der Waals surface area contributed by atoms with E-state index in [0.717, 1.165) is 25.9 Å². The van der Waals surface area contributed by atoms with Crippen molar-refractivity contribution in [3.63, 3.8) is 0 Å². The van der Waals surface area contributed by atoms with Crippen molar-refractivity contribution >= 4 is 22.8 Å². The summed E-state index contributed by atoms with van der Waals surface area (Å²) in [6, 6.07) is 21.1. The van der Waals surface area contributed by atoms with Crippen LogP contribution in [-0.2, 0) is 16.2 Å². The first-order valence-electron chi connectivity index (χ1n) is 17.9. The fourth-order valence-corrected chi connectivity index (χ4v) is 9.45. The van der Waals surface area contributed by atoms with E-state index in [1.165, 1.54) is 76.4 Å². The van der Waals surface area contributed by atoms with Crippen LogP contribution in [-0.4, -0.2) is 50.6 Å². The Morgan fingerprint density at radius 1 is 0.851 bits per heavy atom. The van der Waals surface area contributed by atoms with Crippen LogP contribution < -0.4 is 21.3 Å². The summed E-state index contributed by atoms with van der Waals surface area (Å²) in [6.45, 7) is 12.8. The Bertz CT molecular complexity index is 1800. The Hall–Kier alpha value is -3.67. The summed E-state index contributed by atoms with van der Waals surface area (Å²) in [5.74, 6) is 0. The molecule has 1 fully saturated rings. The van der Waals surface area contributed by atoms with Crippen molar-refractivity contribution in [1.82, 2.24) is 0 Å². The fraction of sp³-hybridized carbons (Fsp3) is 0.452. The molecule has 0 saturated heterocycles. The van der Waals surface area contributed by atoms with E-state index < -0.39 is 0 Å². The van der Waals surface area contributed by atoms with Crippen LogP contribution in [0.5, 0.6) is 0 Å². The average molecular weight is 629 g/mol. The van der Waals surface area contributed by atoms with Gasteiger partial charge in [-0.3, -0.25) is 0 Å². The van der Waals surface area contributed by atoms with E-state index in [1.807, 2.05) is 0 Å². The summed E-state index contributed by atoms with van der Waals surface area (Å²) >= 11 is 0. The topological polar surface area (TPSA) is 61.5 Å². The van der Waals surface area contributed by atoms with Gasteiger partial charge in [-0.15, -0.1) is 0 Å². The Morgan fingerprint density at radius 2 is 1.60 bits per heavy atom. The van der Waals surface area contributed by atoms with Gasteiger partial charge in [0.05, 0.1) is 5.41 Å². The summed E-state index contributed by atoms with van der Waals surface area (Å²) in [4.78, 5) is 4.69. The van der Waals surface area contributed by atoms with Crippen molar-refractivity contribution in [1.29, 1.82) is 0 Å². The van der Waals surface area contributed by atoms with Crippen LogP contribution in [0, 0.1) is 0 Å². The molecule has 3 aromatic carbocycles. The van der Waals surface area contributed by atoms with Gasteiger partial charge in [0.1, 0.15) is 0 Å². The maximum absolute atomic E-state index is 6.13. The summed E-state index contributed by atoms with van der Waals surface area (Å²) in [6.07, 6.45) is 14.1. The number of allylic oxidation sites excluding steroid dienone is 4. The SMILES string of the molecule is CN(C)c1ccc2c(c1)C(C)(C)/C(=C\C=C\C1=[N+](CCCN)c3ccc4c(c3C1(C)C)-c1ccccc1C41CCCC1)N2CCCN. The molecule has 2 aliphatic heterocycles. The van der Waals surface area contributed by atoms with Crippen LogP contribution in [0.1, 0.15) is 88.5 Å². The van der Waals surface area contributed by atoms with E-state index in [2.05, 4.69) is 129 Å². The largest absolute Gasteiger partial charge is 0.378 e. The summed E-state index contributed by atoms with van der Waals surface area (Å²) in [7, 11) is 4.23. The Labute approximate surface area is 282 Å². The smallest absolute Gasteiger partial charge is 0.210 e. The number of hydrogen-bond donors (Lipinski definition) is 2. The number of fused-ring (bicyclic) bond motifs is 8. The molecule has 0 aromatic heterocycles. The van der Waals surface area contributed by atoms with Crippen LogP contribution in [0.4, 0.5) is 17.1 Å². The Balaban J connectivity index is 1.33. The van der Waals surface area contributed by atoms with E-state index in [9.17, 15) is 0 Å². The number of anilines is 2. The molecule has 5 heteroatoms. The van der Waals surface area contributed by atoms with E-state index in [-0.39, 0.29) is 16.2 Å². The highest BCUT2D eigenvalue weighted by Gasteiger charge is 2.52. The molecule has 0 atom stereocenters. The molecule has 2 aliphatic carbocycles. The lowest BCUT2D eigenvalue weighted by atomic mass is 9.74. The lowest BCUT2D eigenvalue weighted by Crippen LogP contribution is -2.29. The second-order valence-electron chi connectivity index (χ2n) is 15.4. The van der Waals surface area contributed by atoms with Crippen LogP contribution >= 0.6 is 0 Å². The molecular weight excluding hydrogens is 574 g/mol. The second kappa shape index (κ2) is 11.8. The third-order valence-corrected chi connectivity index (χ3v) is 11.8. The summed E-state index contributed by atoms with van der Waals surface area (Å²) in [5.41, 5.74) is 27.6. The number of benzene rings is 3. The number of nitrogens with two attached hydrogens (primary N) is 2. The van der Waals surface area contributed by atoms with Crippen LogP contribution in [0.15, 0.2) is 78.5 Å². The van der Waals surface area contributed by atoms with Crippen molar-refractivity contribution in [2.45, 2.75) is 82.5 Å². The van der Waals surface area contributed by atoms with Gasteiger partial charge in [0.25, 0.3) is 0 Å². The normalized spacial score (nSPS) is 20.4. The zero-order valence-electron chi connectivity index (χ0n) is 29.5. The molecule has 0 amide bonds. The average Bonchev–Trinajstić information content (AvgIpc) is 3.76. The molecule has 3 aromatic rings. The maximum atomic E-state index is 6.13. The zero-order chi connectivity index (χ0) is 33.1. The standard InChI is InChI=1S/C42H54N5/c1-40(2)33-28-29(45(5)6)18-20-34(33)46(26-12-24-43)36(40)16-11-17-37-41(3,4)39-35(47(37)27-13-25-44)21-19-32-38(39)30-14-7-8-15-31(30)42(32)22-9-10-23-42/h7-8,11,14-21,28H,9-10,12-13,22-27,43-44H2,1-6H3/q+1. The highest BCUT2D eigenvalue weighted by Crippen LogP contribution is 2.61. The number of nitrogens with zero attached hydrogens (tertiary/aromatic N) is 3. The zero-order valence-corrected chi connectivity index (χ0v) is 29.5. The van der Waals surface area contributed by atoms with Gasteiger partial charge in [-0.25, -0.2) is 0 Å². The van der Waals surface area contributed by atoms with E-state index in [4.69, 9.17) is 11.5 Å². The quantitative estimate of drug-likeness (QED) is 0.237. The van der Waals surface area contributed by atoms with Gasteiger partial charge in [-0.2, -0.15) is 4.58 Å². The van der Waals surface area contributed by atoms with Gasteiger partial charge in [-0.1, -0.05) is 63.1 Å². The van der Waals surface area contributed by atoms with Gasteiger partial charge in [0.2, 0.25) is 5.69 Å². The first-order valence-corrected chi connectivity index (χ1v) is 17.9. The monoisotopic (exact) mass is 628 g/mol. The lowest BCUT2D eigenvalue weighted by molar-refractivity contribution is -0.437. The molecule has 5 nitrogen and oxygen atoms in total. The van der Waals surface area contributed by atoms with Gasteiger partial charge in [0, 0.05) is 72.7 Å². The third kappa shape index (κ3) is 4.76. The van der Waals surface area contributed by atoms with Crippen LogP contribution in [0.2, 0.25) is 0 Å². The van der Waals surface area contributed by atoms with Crippen LogP contribution in [0.25, 0.3) is 11.1 Å². The van der Waals surface area contributed by atoms with Crippen LogP contribution in [0.3, 0.4) is 0 Å². The molecule has 4 N–H and O–H groups in total. The van der Waals surface area contributed by atoms with Crippen molar-refractivity contribution in [3.05, 3.63) is 101 Å². The molecule has 0 bridgehead atoms. The first-order chi connectivity index (χ1) is 22.6. The molecule has 246 valence electrons. The van der Waals surface area contributed by atoms with Gasteiger partial charge < -0.3 is 21.3 Å². The predicted octanol–water partition coefficient (Wildman–Crippen LogP) is 7.90. The van der Waals surface area contributed by atoms with Gasteiger partial charge >= 0.3 is 0 Å². The van der Waals surface area contributed by atoms with E-state index >= 15 is 0 Å². The van der Waals surface area contributed by atoms with Crippen molar-refractivity contribution in [2.24, 2.45) is 11.5 Å². The van der Waals surface area contributed by atoms with Gasteiger partial charge in [-0.05, 0) is 98.3 Å². The third-order valence-electron chi connectivity index (χ3n) is 11.8. The molecule has 1 spiro atoms. The van der Waals surface area contributed by atoms with E-state index in [0.29, 0.717) is 13.1 Å². The molecular formula is C42H54N5+. The van der Waals surface area contributed by atoms with Crippen molar-refractivity contribution in [3.8, 4) is 11.1 Å². The highest BCUT2D eigenvalue weighted by atomic mass is 15.2. The number of rotatable bonds is 9. The minimum absolute atomic E-state index is 0.127. The Morgan fingerprint density at radius 3 is 2.32 bits per heavy atom. The molecule has 0 radical (unpaired) electrons. The molecule has 47 heavy (non-hydrogen) atoms. The maximum Gasteiger partial charge on any atom is 0.210 e. The molecule has 0 unspecified atom stereocenters. The lowest BCUT2D eigenvalue weighted by Gasteiger charge is -2.27. The van der Waals surface area contributed by atoms with Crippen molar-refractivity contribution in [2.75, 3.05) is 50.1 Å². The summed E-state index contributed by atoms with van der Waals surface area (Å²) in [5, 5.41) is 0. The Kier molecular flexibility index (Phi) is 8.00. The van der Waals surface area contributed by atoms with E-state index in [1.54, 1.807) is 11.1 Å². The number of hydrogen-bond acceptors (Lipinski definition) is 4. The molecule has 4 aliphatic rings. The summed E-state index contributed by atoms with van der Waals surface area (Å²) < 4.78 is 2.57. The predicted molar refractivity (Wildman–Crippen MR) is 200 cm³/mol. The minimum Gasteiger partial charge on any atom is -0.378 e. The van der Waals surface area contributed by atoms with Crippen molar-refractivity contribution < 1.29 is 4.58 Å².